The van der Waals surface area contributed by atoms with Gasteiger partial charge in [-0.3, -0.25) is 9.59 Å². The maximum Gasteiger partial charge on any atom is 0.238 e. The van der Waals surface area contributed by atoms with Crippen molar-refractivity contribution in [2.75, 3.05) is 31.5 Å². The number of benzene rings is 1. The normalized spacial score (nSPS) is 17.0. The lowest BCUT2D eigenvalue weighted by molar-refractivity contribution is -0.124. The summed E-state index contributed by atoms with van der Waals surface area (Å²) in [6.07, 6.45) is 0.211. The molecule has 2 N–H and O–H groups in total. The van der Waals surface area contributed by atoms with E-state index in [9.17, 15) is 9.59 Å². The molecule has 0 fully saturated rings. The van der Waals surface area contributed by atoms with E-state index in [1.807, 2.05) is 24.3 Å². The second-order valence-corrected chi connectivity index (χ2v) is 6.42. The van der Waals surface area contributed by atoms with Gasteiger partial charge in [0.2, 0.25) is 11.8 Å². The first-order valence-electron chi connectivity index (χ1n) is 7.69. The summed E-state index contributed by atoms with van der Waals surface area (Å²) in [4.78, 5) is 27.3. The third kappa shape index (κ3) is 4.48. The zero-order chi connectivity index (χ0) is 15.9. The van der Waals surface area contributed by atoms with Gasteiger partial charge in [-0.25, -0.2) is 0 Å². The quantitative estimate of drug-likeness (QED) is 0.806. The summed E-state index contributed by atoms with van der Waals surface area (Å²) in [6.45, 7) is 7.62. The highest BCUT2D eigenvalue weighted by molar-refractivity contribution is 8.01. The number of hydrogen-bond acceptors (Lipinski definition) is 4. The Morgan fingerprint density at radius 3 is 2.77 bits per heavy atom. The van der Waals surface area contributed by atoms with Crippen LogP contribution in [-0.2, 0) is 9.59 Å². The number of nitrogens with zero attached hydrogens (tertiary/aromatic N) is 1. The minimum atomic E-state index is -0.358. The molecule has 2 rings (SSSR count). The van der Waals surface area contributed by atoms with Crippen molar-refractivity contribution in [1.82, 2.24) is 10.2 Å². The fraction of sp³-hybridized carbons (Fsp3) is 0.500. The molecule has 5 nitrogen and oxygen atoms in total. The van der Waals surface area contributed by atoms with E-state index in [-0.39, 0.29) is 23.5 Å². The Hall–Kier alpha value is -1.53. The molecule has 1 heterocycles. The molecule has 0 radical (unpaired) electrons. The first kappa shape index (κ1) is 16.8. The van der Waals surface area contributed by atoms with Gasteiger partial charge in [-0.2, -0.15) is 0 Å². The summed E-state index contributed by atoms with van der Waals surface area (Å²) in [5.74, 6) is -0.165. The Morgan fingerprint density at radius 1 is 1.32 bits per heavy atom. The van der Waals surface area contributed by atoms with Crippen molar-refractivity contribution in [2.24, 2.45) is 0 Å². The first-order chi connectivity index (χ1) is 10.6. The van der Waals surface area contributed by atoms with E-state index in [0.717, 1.165) is 30.2 Å². The lowest BCUT2D eigenvalue weighted by atomic mass is 10.2. The number of nitrogens with one attached hydrogen (secondary N) is 2. The van der Waals surface area contributed by atoms with Crippen LogP contribution in [0, 0.1) is 0 Å². The average molecular weight is 321 g/mol. The maximum absolute atomic E-state index is 12.0. The van der Waals surface area contributed by atoms with Gasteiger partial charge in [0.15, 0.2) is 0 Å². The predicted octanol–water partition coefficient (Wildman–Crippen LogP) is 1.95. The highest BCUT2D eigenvalue weighted by atomic mass is 32.2. The van der Waals surface area contributed by atoms with Crippen LogP contribution in [0.25, 0.3) is 0 Å². The van der Waals surface area contributed by atoms with E-state index in [4.69, 9.17) is 0 Å². The van der Waals surface area contributed by atoms with Gasteiger partial charge in [0.05, 0.1) is 10.9 Å². The number of fused-ring (bicyclic) bond motifs is 1. The molecular weight excluding hydrogens is 298 g/mol. The van der Waals surface area contributed by atoms with E-state index >= 15 is 0 Å². The molecule has 0 saturated carbocycles. The fourth-order valence-corrected chi connectivity index (χ4v) is 3.47. The number of carbonyl (C=O) groups excluding carboxylic acids is 2. The monoisotopic (exact) mass is 321 g/mol. The topological polar surface area (TPSA) is 61.4 Å². The van der Waals surface area contributed by atoms with Crippen LogP contribution in [0.2, 0.25) is 0 Å². The summed E-state index contributed by atoms with van der Waals surface area (Å²) in [6, 6.07) is 7.66. The number of carbonyl (C=O) groups is 2. The van der Waals surface area contributed by atoms with Crippen molar-refractivity contribution >= 4 is 29.3 Å². The third-order valence-electron chi connectivity index (χ3n) is 3.72. The van der Waals surface area contributed by atoms with Crippen LogP contribution < -0.4 is 10.6 Å². The van der Waals surface area contributed by atoms with Crippen molar-refractivity contribution < 1.29 is 9.59 Å². The summed E-state index contributed by atoms with van der Waals surface area (Å²) in [5, 5.41) is 5.40. The second kappa shape index (κ2) is 8.19. The number of para-hydroxylation sites is 1. The minimum Gasteiger partial charge on any atom is -0.355 e. The van der Waals surface area contributed by atoms with Crippen LogP contribution in [0.3, 0.4) is 0 Å². The van der Waals surface area contributed by atoms with Gasteiger partial charge in [-0.1, -0.05) is 26.0 Å². The molecule has 120 valence electrons. The average Bonchev–Trinajstić information content (AvgIpc) is 2.52. The number of thioether (sulfide) groups is 1. The summed E-state index contributed by atoms with van der Waals surface area (Å²) in [7, 11) is 0. The molecule has 0 saturated heterocycles. The molecule has 2 amide bonds. The molecule has 0 bridgehead atoms. The number of anilines is 1. The van der Waals surface area contributed by atoms with E-state index < -0.39 is 0 Å². The number of amides is 2. The molecule has 1 aliphatic heterocycles. The minimum absolute atomic E-state index is 0.0702. The van der Waals surface area contributed by atoms with Crippen LogP contribution in [0.5, 0.6) is 0 Å². The predicted molar refractivity (Wildman–Crippen MR) is 90.1 cm³/mol. The summed E-state index contributed by atoms with van der Waals surface area (Å²) < 4.78 is 0. The van der Waals surface area contributed by atoms with Crippen LogP contribution in [0.15, 0.2) is 29.2 Å². The third-order valence-corrected chi connectivity index (χ3v) is 5.00. The van der Waals surface area contributed by atoms with Crippen LogP contribution in [-0.4, -0.2) is 48.1 Å². The molecule has 6 heteroatoms. The Labute approximate surface area is 135 Å². The Kier molecular flexibility index (Phi) is 6.27. The second-order valence-electron chi connectivity index (χ2n) is 5.17. The van der Waals surface area contributed by atoms with Gasteiger partial charge in [-0.05, 0) is 25.2 Å². The largest absolute Gasteiger partial charge is 0.355 e. The van der Waals surface area contributed by atoms with Crippen LogP contribution in [0.4, 0.5) is 5.69 Å². The van der Waals surface area contributed by atoms with Gasteiger partial charge >= 0.3 is 0 Å². The number of rotatable bonds is 7. The Balaban J connectivity index is 1.81. The van der Waals surface area contributed by atoms with Crippen molar-refractivity contribution in [2.45, 2.75) is 30.4 Å². The molecule has 0 spiro atoms. The summed E-state index contributed by atoms with van der Waals surface area (Å²) in [5.41, 5.74) is 0.829. The zero-order valence-corrected chi connectivity index (χ0v) is 13.9. The fourth-order valence-electron chi connectivity index (χ4n) is 2.36. The van der Waals surface area contributed by atoms with Gasteiger partial charge in [0, 0.05) is 24.4 Å². The molecule has 1 unspecified atom stereocenters. The van der Waals surface area contributed by atoms with Gasteiger partial charge < -0.3 is 15.5 Å². The lowest BCUT2D eigenvalue weighted by Gasteiger charge is -2.24. The summed E-state index contributed by atoms with van der Waals surface area (Å²) >= 11 is 1.46. The van der Waals surface area contributed by atoms with Crippen LogP contribution in [0.1, 0.15) is 20.3 Å². The molecule has 0 aromatic heterocycles. The zero-order valence-electron chi connectivity index (χ0n) is 13.1. The molecular formula is C16H23N3O2S. The number of likely N-dealkylation sites (N-methyl/N-ethyl adjacent to an activating group) is 1. The van der Waals surface area contributed by atoms with Crippen molar-refractivity contribution in [3.63, 3.8) is 0 Å². The highest BCUT2D eigenvalue weighted by Gasteiger charge is 2.28. The van der Waals surface area contributed by atoms with Crippen molar-refractivity contribution in [1.29, 1.82) is 0 Å². The molecule has 1 aromatic rings. The maximum atomic E-state index is 12.0. The van der Waals surface area contributed by atoms with E-state index in [1.54, 1.807) is 0 Å². The van der Waals surface area contributed by atoms with Gasteiger partial charge in [-0.15, -0.1) is 11.8 Å². The molecule has 1 atom stereocenters. The molecule has 1 aliphatic rings. The molecule has 1 aromatic carbocycles. The standard InChI is InChI=1S/C16H23N3O2S/c1-3-19(4-2)10-9-17-15(20)11-14-16(21)18-12-7-5-6-8-13(12)22-14/h5-8,14H,3-4,9-11H2,1-2H3,(H,17,20)(H,18,21). The van der Waals surface area contributed by atoms with Gasteiger partial charge in [0.1, 0.15) is 0 Å². The molecule has 0 aliphatic carbocycles. The van der Waals surface area contributed by atoms with E-state index in [2.05, 4.69) is 29.4 Å². The SMILES string of the molecule is CCN(CC)CCNC(=O)CC1Sc2ccccc2NC1=O. The van der Waals surface area contributed by atoms with Crippen LogP contribution >= 0.6 is 11.8 Å². The lowest BCUT2D eigenvalue weighted by Crippen LogP contribution is -2.38. The van der Waals surface area contributed by atoms with E-state index in [1.165, 1.54) is 11.8 Å². The first-order valence-corrected chi connectivity index (χ1v) is 8.57. The Bertz CT molecular complexity index is 532. The molecule has 22 heavy (non-hydrogen) atoms. The smallest absolute Gasteiger partial charge is 0.238 e. The highest BCUT2D eigenvalue weighted by Crippen LogP contribution is 2.36. The van der Waals surface area contributed by atoms with Crippen molar-refractivity contribution in [3.05, 3.63) is 24.3 Å². The Morgan fingerprint density at radius 2 is 2.05 bits per heavy atom. The van der Waals surface area contributed by atoms with Gasteiger partial charge in [0.25, 0.3) is 0 Å². The van der Waals surface area contributed by atoms with Crippen molar-refractivity contribution in [3.8, 4) is 0 Å². The van der Waals surface area contributed by atoms with E-state index in [0.29, 0.717) is 6.54 Å². The number of hydrogen-bond donors (Lipinski definition) is 2.